The maximum Gasteiger partial charge on any atom is 0.264 e. The van der Waals surface area contributed by atoms with Gasteiger partial charge in [-0.05, 0) is 154 Å². The monoisotopic (exact) mass is 1030 g/mol. The van der Waals surface area contributed by atoms with E-state index < -0.39 is 75.0 Å². The van der Waals surface area contributed by atoms with Gasteiger partial charge in [-0.3, -0.25) is 33.8 Å². The molecular formula is C53H82N10O9S. The molecule has 1 spiro atoms. The van der Waals surface area contributed by atoms with Crippen molar-refractivity contribution in [2.24, 2.45) is 22.4 Å². The number of benzene rings is 1. The number of nitrogens with two attached hydrogens (primary N) is 2. The standard InChI is InChI=1S/C53H82N10O9S/c1-33-34(2)44(35(3)37-32-52(4,5)72-43(33)37)73(70,71)61-51(55)57-28-15-22-39-48(67)62-29-16-23-41(62)46(65)56-27-14-9-7-6-8-13-21-38(54)45(64)58-40(31-36-19-11-10-12-20-36)49(68)63-30-17-24-42(63)47(66)60-53(25-18-26-53)50(69)59-39/h6-7,36,38-42H,8-32,54H2,1-5H3,(H,56,65)(H,58,64)(H,59,69)(H,60,66)(H3,55,57,61)/b7-6+/t38-,39-,40-,41-,42-/m0/s1. The number of aliphatic imine (C=N–C) groups is 1. The van der Waals surface area contributed by atoms with Gasteiger partial charge in [-0.25, -0.2) is 13.1 Å². The molecule has 6 amide bonds. The van der Waals surface area contributed by atoms with E-state index in [0.29, 0.717) is 126 Å². The zero-order valence-electron chi connectivity index (χ0n) is 43.9. The van der Waals surface area contributed by atoms with E-state index in [9.17, 15) is 37.2 Å². The van der Waals surface area contributed by atoms with Crippen LogP contribution in [0.3, 0.4) is 0 Å². The Hall–Kier alpha value is -5.24. The molecule has 6 aliphatic rings. The number of hydrogen-bond donors (Lipinski definition) is 7. The molecule has 7 rings (SSSR count). The molecule has 0 unspecified atom stereocenters. The van der Waals surface area contributed by atoms with Gasteiger partial charge in [-0.15, -0.1) is 0 Å². The third kappa shape index (κ3) is 13.2. The summed E-state index contributed by atoms with van der Waals surface area (Å²) in [5, 5.41) is 12.0. The molecule has 9 N–H and O–H groups in total. The van der Waals surface area contributed by atoms with Crippen molar-refractivity contribution in [2.45, 2.75) is 216 Å². The molecule has 404 valence electrons. The maximum absolute atomic E-state index is 14.6. The molecule has 2 saturated heterocycles. The van der Waals surface area contributed by atoms with Gasteiger partial charge >= 0.3 is 0 Å². The normalized spacial score (nSPS) is 27.7. The van der Waals surface area contributed by atoms with Crippen LogP contribution < -0.4 is 42.2 Å². The van der Waals surface area contributed by atoms with Gasteiger partial charge in [0, 0.05) is 38.2 Å². The van der Waals surface area contributed by atoms with Crippen molar-refractivity contribution in [3.8, 4) is 5.75 Å². The maximum atomic E-state index is 14.6. The van der Waals surface area contributed by atoms with Crippen LogP contribution >= 0.6 is 0 Å². The number of nitrogens with one attached hydrogen (secondary N) is 5. The Balaban J connectivity index is 1.09. The Labute approximate surface area is 432 Å². The number of nitrogens with zero attached hydrogens (tertiary/aromatic N) is 3. The van der Waals surface area contributed by atoms with Crippen molar-refractivity contribution in [1.82, 2.24) is 35.8 Å². The molecule has 4 fully saturated rings. The SMILES string of the molecule is Cc1c(C)c(S(=O)(=O)NC(N)=NCCC[C@@H]2NC(=O)C3(CCC3)NC(=O)[C@@H]3CCCN3C(=O)[C@H](CC3CCCCC3)NC(=O)[C@@H](N)CCC/C=C/CCCNC(=O)[C@@H]3CCCN3C2=O)c(C)c2c1OC(C)(C)C2. The number of amides is 6. The van der Waals surface area contributed by atoms with Gasteiger partial charge < -0.3 is 47.3 Å². The van der Waals surface area contributed by atoms with Gasteiger partial charge in [0.15, 0.2) is 0 Å². The van der Waals surface area contributed by atoms with Crippen LogP contribution in [0.5, 0.6) is 5.75 Å². The van der Waals surface area contributed by atoms with Crippen LogP contribution in [0, 0.1) is 26.7 Å². The summed E-state index contributed by atoms with van der Waals surface area (Å²) in [6.45, 7) is 10.3. The van der Waals surface area contributed by atoms with Crippen molar-refractivity contribution in [1.29, 1.82) is 0 Å². The average Bonchev–Trinajstić information content (AvgIpc) is 4.11. The fraction of sp³-hybridized carbons (Fsp3) is 0.717. The van der Waals surface area contributed by atoms with Gasteiger partial charge in [0.2, 0.25) is 41.4 Å². The Bertz CT molecular complexity index is 2410. The first-order valence-corrected chi connectivity index (χ1v) is 28.6. The van der Waals surface area contributed by atoms with E-state index >= 15 is 0 Å². The predicted molar refractivity (Wildman–Crippen MR) is 278 cm³/mol. The summed E-state index contributed by atoms with van der Waals surface area (Å²) in [7, 11) is -4.18. The third-order valence-electron chi connectivity index (χ3n) is 16.2. The van der Waals surface area contributed by atoms with E-state index in [1.807, 2.05) is 32.9 Å². The van der Waals surface area contributed by atoms with Crippen molar-refractivity contribution < 1.29 is 41.9 Å². The zero-order valence-corrected chi connectivity index (χ0v) is 44.7. The van der Waals surface area contributed by atoms with Crippen LogP contribution in [0.2, 0.25) is 0 Å². The molecule has 0 radical (unpaired) electrons. The fourth-order valence-corrected chi connectivity index (χ4v) is 13.3. The number of allylic oxidation sites excluding steroid dienone is 2. The number of ether oxygens (including phenoxy) is 1. The van der Waals surface area contributed by atoms with Crippen molar-refractivity contribution in [3.63, 3.8) is 0 Å². The second kappa shape index (κ2) is 24.0. The Morgan fingerprint density at radius 2 is 1.41 bits per heavy atom. The summed E-state index contributed by atoms with van der Waals surface area (Å²) >= 11 is 0. The van der Waals surface area contributed by atoms with E-state index in [2.05, 4.69) is 31.0 Å². The number of guanidine groups is 1. The Kier molecular flexibility index (Phi) is 18.2. The van der Waals surface area contributed by atoms with Crippen LogP contribution in [-0.2, 0) is 45.2 Å². The zero-order chi connectivity index (χ0) is 52.7. The summed E-state index contributed by atoms with van der Waals surface area (Å²) in [6.07, 6.45) is 17.0. The Morgan fingerprint density at radius 1 is 0.767 bits per heavy atom. The minimum atomic E-state index is -4.18. The lowest BCUT2D eigenvalue weighted by molar-refractivity contribution is -0.146. The quantitative estimate of drug-likeness (QED) is 0.0855. The highest BCUT2D eigenvalue weighted by atomic mass is 32.2. The topological polar surface area (TPSA) is 277 Å². The molecular weight excluding hydrogens is 953 g/mol. The first kappa shape index (κ1) is 55.5. The minimum Gasteiger partial charge on any atom is -0.487 e. The number of rotatable bonds is 8. The first-order chi connectivity index (χ1) is 34.7. The minimum absolute atomic E-state index is 0.00285. The van der Waals surface area contributed by atoms with Gasteiger partial charge in [-0.2, -0.15) is 0 Å². The van der Waals surface area contributed by atoms with Crippen LogP contribution in [0.25, 0.3) is 0 Å². The highest BCUT2D eigenvalue weighted by Crippen LogP contribution is 2.44. The molecule has 73 heavy (non-hydrogen) atoms. The van der Waals surface area contributed by atoms with Crippen molar-refractivity contribution in [3.05, 3.63) is 34.4 Å². The molecule has 19 nitrogen and oxygen atoms in total. The summed E-state index contributed by atoms with van der Waals surface area (Å²) in [4.78, 5) is 92.9. The molecule has 1 aromatic rings. The fourth-order valence-electron chi connectivity index (χ4n) is 11.8. The summed E-state index contributed by atoms with van der Waals surface area (Å²) in [5.74, 6) is -1.85. The van der Waals surface area contributed by atoms with Crippen LogP contribution in [0.15, 0.2) is 22.0 Å². The van der Waals surface area contributed by atoms with Crippen LogP contribution in [0.1, 0.15) is 165 Å². The largest absolute Gasteiger partial charge is 0.487 e. The number of fused-ring (bicyclic) bond motifs is 3. The summed E-state index contributed by atoms with van der Waals surface area (Å²) in [6, 6.07) is -4.40. The summed E-state index contributed by atoms with van der Waals surface area (Å²) in [5.41, 5.74) is 13.5. The second-order valence-corrected chi connectivity index (χ2v) is 23.8. The molecule has 5 atom stereocenters. The van der Waals surface area contributed by atoms with Crippen LogP contribution in [-0.4, -0.2) is 127 Å². The molecule has 1 aromatic carbocycles. The number of sulfonamides is 1. The molecule has 20 heteroatoms. The van der Waals surface area contributed by atoms with Gasteiger partial charge in [0.1, 0.15) is 41.1 Å². The molecule has 2 saturated carbocycles. The highest BCUT2D eigenvalue weighted by molar-refractivity contribution is 7.90. The molecule has 2 aliphatic carbocycles. The number of carbonyl (C=O) groups is 6. The third-order valence-corrected chi connectivity index (χ3v) is 17.8. The molecule has 0 bridgehead atoms. The Morgan fingerprint density at radius 3 is 2.07 bits per heavy atom. The molecule has 4 heterocycles. The van der Waals surface area contributed by atoms with Gasteiger partial charge in [0.05, 0.1) is 10.9 Å². The van der Waals surface area contributed by atoms with Crippen molar-refractivity contribution in [2.75, 3.05) is 26.2 Å². The molecule has 0 aromatic heterocycles. The molecule has 4 aliphatic heterocycles. The predicted octanol–water partition coefficient (Wildman–Crippen LogP) is 3.62. The van der Waals surface area contributed by atoms with Crippen LogP contribution in [0.4, 0.5) is 0 Å². The lowest BCUT2D eigenvalue weighted by Crippen LogP contribution is -2.67. The van der Waals surface area contributed by atoms with E-state index in [1.165, 1.54) is 4.90 Å². The van der Waals surface area contributed by atoms with E-state index in [1.54, 1.807) is 18.7 Å². The van der Waals surface area contributed by atoms with Crippen molar-refractivity contribution >= 4 is 51.4 Å². The first-order valence-electron chi connectivity index (χ1n) is 27.1. The van der Waals surface area contributed by atoms with Gasteiger partial charge in [0.25, 0.3) is 10.0 Å². The van der Waals surface area contributed by atoms with Gasteiger partial charge in [-0.1, -0.05) is 44.3 Å². The second-order valence-electron chi connectivity index (χ2n) is 22.1. The number of carbonyl (C=O) groups excluding carboxylic acids is 6. The smallest absolute Gasteiger partial charge is 0.264 e. The number of hydrogen-bond acceptors (Lipinski definition) is 11. The highest BCUT2D eigenvalue weighted by Gasteiger charge is 2.50. The lowest BCUT2D eigenvalue weighted by atomic mass is 9.75. The van der Waals surface area contributed by atoms with E-state index in [0.717, 1.165) is 43.2 Å². The van der Waals surface area contributed by atoms with E-state index in [4.69, 9.17) is 16.2 Å². The average molecular weight is 1040 g/mol. The lowest BCUT2D eigenvalue weighted by Gasteiger charge is -2.43. The van der Waals surface area contributed by atoms with E-state index in [-0.39, 0.29) is 48.0 Å². The summed E-state index contributed by atoms with van der Waals surface area (Å²) < 4.78 is 36.4.